The van der Waals surface area contributed by atoms with Gasteiger partial charge in [0, 0.05) is 22.9 Å². The second-order valence-corrected chi connectivity index (χ2v) is 7.22. The van der Waals surface area contributed by atoms with E-state index >= 15 is 0 Å². The molecule has 5 rings (SSSR count). The smallest absolute Gasteiger partial charge is 0.305 e. The maximum absolute atomic E-state index is 13.5. The first-order valence-corrected chi connectivity index (χ1v) is 9.94. The summed E-state index contributed by atoms with van der Waals surface area (Å²) in [4.78, 5) is 19.8. The van der Waals surface area contributed by atoms with Crippen LogP contribution in [0.4, 0.5) is 4.39 Å². The van der Waals surface area contributed by atoms with Crippen molar-refractivity contribution >= 4 is 17.1 Å². The SMILES string of the molecule is O=C(O)CCn1cc(-c2ncnc3oc(-c4ccccc4)cc23)c(-c2ccc(F)cc2)n1. The van der Waals surface area contributed by atoms with Crippen LogP contribution in [0.3, 0.4) is 0 Å². The third-order valence-corrected chi connectivity index (χ3v) is 5.08. The van der Waals surface area contributed by atoms with Gasteiger partial charge in [0.1, 0.15) is 23.6 Å². The lowest BCUT2D eigenvalue weighted by Gasteiger charge is -2.03. The number of carbonyl (C=O) groups is 1. The largest absolute Gasteiger partial charge is 0.481 e. The Kier molecular flexibility index (Phi) is 4.95. The van der Waals surface area contributed by atoms with Gasteiger partial charge >= 0.3 is 5.97 Å². The van der Waals surface area contributed by atoms with Gasteiger partial charge in [0.2, 0.25) is 5.71 Å². The van der Waals surface area contributed by atoms with Crippen LogP contribution in [0.25, 0.3) is 44.9 Å². The van der Waals surface area contributed by atoms with Crippen LogP contribution in [0.15, 0.2) is 77.6 Å². The zero-order valence-electron chi connectivity index (χ0n) is 16.8. The highest BCUT2D eigenvalue weighted by molar-refractivity contribution is 5.95. The van der Waals surface area contributed by atoms with E-state index in [-0.39, 0.29) is 18.8 Å². The van der Waals surface area contributed by atoms with E-state index in [1.807, 2.05) is 36.4 Å². The molecule has 0 amide bonds. The summed E-state index contributed by atoms with van der Waals surface area (Å²) in [6.07, 6.45) is 3.09. The molecule has 0 fully saturated rings. The molecule has 5 aromatic rings. The van der Waals surface area contributed by atoms with Crippen LogP contribution in [-0.4, -0.2) is 30.8 Å². The van der Waals surface area contributed by atoms with E-state index in [0.717, 1.165) is 5.56 Å². The van der Waals surface area contributed by atoms with Crippen molar-refractivity contribution in [3.8, 4) is 33.8 Å². The summed E-state index contributed by atoms with van der Waals surface area (Å²) >= 11 is 0. The first-order valence-electron chi connectivity index (χ1n) is 9.94. The molecule has 158 valence electrons. The Balaban J connectivity index is 1.67. The fraction of sp³-hybridized carbons (Fsp3) is 0.0833. The first-order chi connectivity index (χ1) is 15.6. The number of aryl methyl sites for hydroxylation is 1. The summed E-state index contributed by atoms with van der Waals surface area (Å²) in [7, 11) is 0. The van der Waals surface area contributed by atoms with Crippen molar-refractivity contribution in [1.29, 1.82) is 0 Å². The summed E-state index contributed by atoms with van der Waals surface area (Å²) in [5, 5.41) is 14.3. The van der Waals surface area contributed by atoms with Gasteiger partial charge in [-0.15, -0.1) is 0 Å². The molecule has 0 bridgehead atoms. The zero-order valence-corrected chi connectivity index (χ0v) is 16.8. The van der Waals surface area contributed by atoms with Crippen molar-refractivity contribution in [2.45, 2.75) is 13.0 Å². The molecule has 8 heteroatoms. The van der Waals surface area contributed by atoms with Crippen molar-refractivity contribution < 1.29 is 18.7 Å². The number of rotatable bonds is 6. The molecule has 0 aliphatic rings. The molecule has 0 atom stereocenters. The minimum absolute atomic E-state index is 0.0764. The fourth-order valence-corrected chi connectivity index (χ4v) is 3.56. The quantitative estimate of drug-likeness (QED) is 0.407. The van der Waals surface area contributed by atoms with Gasteiger partial charge in [-0.3, -0.25) is 9.48 Å². The Labute approximate surface area is 181 Å². The van der Waals surface area contributed by atoms with E-state index in [1.165, 1.54) is 18.5 Å². The fourth-order valence-electron chi connectivity index (χ4n) is 3.56. The van der Waals surface area contributed by atoms with E-state index in [0.29, 0.717) is 39.4 Å². The van der Waals surface area contributed by atoms with E-state index in [2.05, 4.69) is 15.1 Å². The van der Waals surface area contributed by atoms with Crippen LogP contribution in [0.5, 0.6) is 0 Å². The molecule has 0 aliphatic carbocycles. The summed E-state index contributed by atoms with van der Waals surface area (Å²) < 4.78 is 21.0. The van der Waals surface area contributed by atoms with E-state index in [1.54, 1.807) is 23.0 Å². The minimum atomic E-state index is -0.919. The van der Waals surface area contributed by atoms with Gasteiger partial charge in [-0.2, -0.15) is 5.10 Å². The number of hydrogen-bond acceptors (Lipinski definition) is 5. The Morgan fingerprint density at radius 2 is 1.78 bits per heavy atom. The highest BCUT2D eigenvalue weighted by Gasteiger charge is 2.20. The number of halogens is 1. The molecule has 1 N–H and O–H groups in total. The molecule has 0 saturated carbocycles. The zero-order chi connectivity index (χ0) is 22.1. The molecule has 32 heavy (non-hydrogen) atoms. The molecule has 3 aromatic heterocycles. The second-order valence-electron chi connectivity index (χ2n) is 7.22. The Morgan fingerprint density at radius 1 is 1.00 bits per heavy atom. The molecular formula is C24H17FN4O3. The molecule has 0 saturated heterocycles. The highest BCUT2D eigenvalue weighted by Crippen LogP contribution is 2.36. The van der Waals surface area contributed by atoms with Crippen molar-refractivity contribution in [1.82, 2.24) is 19.7 Å². The summed E-state index contributed by atoms with van der Waals surface area (Å²) in [6.45, 7) is 0.193. The van der Waals surface area contributed by atoms with Gasteiger partial charge in [0.05, 0.1) is 24.0 Å². The number of carboxylic acid groups (broad SMARTS) is 1. The Hall–Kier alpha value is -4.33. The Morgan fingerprint density at radius 3 is 2.53 bits per heavy atom. The normalized spacial score (nSPS) is 11.2. The molecule has 0 unspecified atom stereocenters. The predicted molar refractivity (Wildman–Crippen MR) is 116 cm³/mol. The van der Waals surface area contributed by atoms with E-state index < -0.39 is 5.97 Å². The standard InChI is InChI=1S/C24H17FN4O3/c25-17-8-6-16(7-9-17)22-19(13-29(28-22)11-10-21(30)31)23-18-12-20(15-4-2-1-3-5-15)32-24(18)27-14-26-23/h1-9,12-14H,10-11H2,(H,30,31). The number of nitrogens with zero attached hydrogens (tertiary/aromatic N) is 4. The molecule has 0 aliphatic heterocycles. The van der Waals surface area contributed by atoms with Crippen molar-refractivity contribution in [2.75, 3.05) is 0 Å². The number of carboxylic acids is 1. The summed E-state index contributed by atoms with van der Waals surface area (Å²) in [5.41, 5.74) is 3.87. The minimum Gasteiger partial charge on any atom is -0.481 e. The third-order valence-electron chi connectivity index (χ3n) is 5.08. The number of aromatic nitrogens is 4. The van der Waals surface area contributed by atoms with Gasteiger partial charge in [0.15, 0.2) is 0 Å². The summed E-state index contributed by atoms with van der Waals surface area (Å²) in [6, 6.07) is 17.5. The van der Waals surface area contributed by atoms with Gasteiger partial charge in [-0.25, -0.2) is 14.4 Å². The van der Waals surface area contributed by atoms with Crippen molar-refractivity contribution in [3.63, 3.8) is 0 Å². The third kappa shape index (κ3) is 3.74. The van der Waals surface area contributed by atoms with Gasteiger partial charge in [0.25, 0.3) is 0 Å². The monoisotopic (exact) mass is 428 g/mol. The topological polar surface area (TPSA) is 94.0 Å². The van der Waals surface area contributed by atoms with E-state index in [9.17, 15) is 9.18 Å². The van der Waals surface area contributed by atoms with Crippen molar-refractivity contribution in [3.05, 3.63) is 79.0 Å². The van der Waals surface area contributed by atoms with Crippen LogP contribution in [-0.2, 0) is 11.3 Å². The van der Waals surface area contributed by atoms with Gasteiger partial charge in [-0.1, -0.05) is 30.3 Å². The highest BCUT2D eigenvalue weighted by atomic mass is 19.1. The maximum atomic E-state index is 13.5. The number of aliphatic carboxylic acids is 1. The van der Waals surface area contributed by atoms with E-state index in [4.69, 9.17) is 9.52 Å². The molecule has 0 radical (unpaired) electrons. The predicted octanol–water partition coefficient (Wildman–Crippen LogP) is 5.03. The Bertz CT molecular complexity index is 1410. The number of fused-ring (bicyclic) bond motifs is 1. The molecule has 0 spiro atoms. The molecular weight excluding hydrogens is 411 g/mol. The molecule has 7 nitrogen and oxygen atoms in total. The average molecular weight is 428 g/mol. The lowest BCUT2D eigenvalue weighted by molar-refractivity contribution is -0.137. The van der Waals surface area contributed by atoms with Crippen LogP contribution in [0.2, 0.25) is 0 Å². The van der Waals surface area contributed by atoms with Crippen molar-refractivity contribution in [2.24, 2.45) is 0 Å². The lowest BCUT2D eigenvalue weighted by atomic mass is 10.0. The van der Waals surface area contributed by atoms with Gasteiger partial charge in [-0.05, 0) is 30.3 Å². The lowest BCUT2D eigenvalue weighted by Crippen LogP contribution is -2.04. The van der Waals surface area contributed by atoms with Crippen LogP contribution >= 0.6 is 0 Å². The first kappa shape index (κ1) is 19.6. The second kappa shape index (κ2) is 8.07. The van der Waals surface area contributed by atoms with Crippen LogP contribution in [0, 0.1) is 5.82 Å². The summed E-state index contributed by atoms with van der Waals surface area (Å²) in [5.74, 6) is -0.617. The van der Waals surface area contributed by atoms with Gasteiger partial charge < -0.3 is 9.52 Å². The average Bonchev–Trinajstić information content (AvgIpc) is 3.43. The van der Waals surface area contributed by atoms with Crippen LogP contribution < -0.4 is 0 Å². The number of furan rings is 1. The molecule has 2 aromatic carbocycles. The molecule has 3 heterocycles. The van der Waals surface area contributed by atoms with Crippen LogP contribution in [0.1, 0.15) is 6.42 Å². The number of hydrogen-bond donors (Lipinski definition) is 1. The number of benzene rings is 2. The maximum Gasteiger partial charge on any atom is 0.305 e.